The van der Waals surface area contributed by atoms with E-state index in [1.54, 1.807) is 11.8 Å². The van der Waals surface area contributed by atoms with Gasteiger partial charge in [0.15, 0.2) is 5.69 Å². The molecular weight excluding hydrogens is 430 g/mol. The SMILES string of the molecule is CCOC(=O)c1nn(CC(=O)N2CCN(c3cccc(C)c3C)CC2)c2c1CCC(F)(F)C2. The van der Waals surface area contributed by atoms with Gasteiger partial charge >= 0.3 is 5.97 Å². The maximum Gasteiger partial charge on any atom is 0.359 e. The Morgan fingerprint density at radius 3 is 2.58 bits per heavy atom. The van der Waals surface area contributed by atoms with Crippen molar-refractivity contribution < 1.29 is 23.1 Å². The number of carbonyl (C=O) groups excluding carboxylic acids is 2. The Labute approximate surface area is 192 Å². The zero-order chi connectivity index (χ0) is 23.8. The van der Waals surface area contributed by atoms with Crippen LogP contribution in [0.5, 0.6) is 0 Å². The van der Waals surface area contributed by atoms with Gasteiger partial charge in [0, 0.05) is 49.5 Å². The first-order chi connectivity index (χ1) is 15.7. The maximum absolute atomic E-state index is 14.1. The Hall–Kier alpha value is -2.97. The summed E-state index contributed by atoms with van der Waals surface area (Å²) in [6.45, 7) is 8.32. The van der Waals surface area contributed by atoms with Crippen LogP contribution in [-0.2, 0) is 28.9 Å². The van der Waals surface area contributed by atoms with Gasteiger partial charge in [0.1, 0.15) is 6.54 Å². The van der Waals surface area contributed by atoms with Gasteiger partial charge in [-0.25, -0.2) is 13.6 Å². The summed E-state index contributed by atoms with van der Waals surface area (Å²) >= 11 is 0. The lowest BCUT2D eigenvalue weighted by molar-refractivity contribution is -0.132. The molecule has 1 aromatic heterocycles. The molecule has 2 heterocycles. The molecule has 33 heavy (non-hydrogen) atoms. The fraction of sp³-hybridized carbons (Fsp3) is 0.542. The van der Waals surface area contributed by atoms with Crippen LogP contribution in [0.3, 0.4) is 0 Å². The molecule has 0 bridgehead atoms. The largest absolute Gasteiger partial charge is 0.461 e. The number of hydrogen-bond donors (Lipinski definition) is 0. The second-order valence-electron chi connectivity index (χ2n) is 8.77. The summed E-state index contributed by atoms with van der Waals surface area (Å²) in [5.74, 6) is -3.70. The summed E-state index contributed by atoms with van der Waals surface area (Å²) < 4.78 is 34.6. The van der Waals surface area contributed by atoms with Crippen molar-refractivity contribution >= 4 is 17.6 Å². The van der Waals surface area contributed by atoms with E-state index in [4.69, 9.17) is 4.74 Å². The number of fused-ring (bicyclic) bond motifs is 1. The standard InChI is InChI=1S/C24H30F2N4O3/c1-4-33-23(32)22-18-8-9-24(25,26)14-20(18)30(27-22)15-21(31)29-12-10-28(11-13-29)19-7-5-6-16(2)17(19)3/h5-7H,4,8-15H2,1-3H3. The summed E-state index contributed by atoms with van der Waals surface area (Å²) in [6.07, 6.45) is -0.825. The number of aryl methyl sites for hydroxylation is 1. The summed E-state index contributed by atoms with van der Waals surface area (Å²) in [5.41, 5.74) is 4.42. The van der Waals surface area contributed by atoms with E-state index in [-0.39, 0.29) is 43.3 Å². The number of rotatable bonds is 5. The molecule has 4 rings (SSSR count). The van der Waals surface area contributed by atoms with Gasteiger partial charge in [0.25, 0.3) is 5.92 Å². The predicted octanol–water partition coefficient (Wildman–Crippen LogP) is 3.15. The Bertz CT molecular complexity index is 1060. The Morgan fingerprint density at radius 1 is 1.15 bits per heavy atom. The number of piperazine rings is 1. The molecule has 0 unspecified atom stereocenters. The molecule has 1 aliphatic heterocycles. The fourth-order valence-electron chi connectivity index (χ4n) is 4.63. The third kappa shape index (κ3) is 4.72. The number of halogens is 2. The highest BCUT2D eigenvalue weighted by Crippen LogP contribution is 2.35. The van der Waals surface area contributed by atoms with Crippen LogP contribution < -0.4 is 4.90 Å². The third-order valence-electron chi connectivity index (χ3n) is 6.64. The lowest BCUT2D eigenvalue weighted by Crippen LogP contribution is -2.50. The average Bonchev–Trinajstić information content (AvgIpc) is 3.12. The first kappa shape index (κ1) is 23.2. The van der Waals surface area contributed by atoms with Crippen molar-refractivity contribution in [1.82, 2.24) is 14.7 Å². The highest BCUT2D eigenvalue weighted by atomic mass is 19.3. The van der Waals surface area contributed by atoms with E-state index in [1.165, 1.54) is 21.5 Å². The summed E-state index contributed by atoms with van der Waals surface area (Å²) in [6, 6.07) is 6.21. The van der Waals surface area contributed by atoms with E-state index in [0.29, 0.717) is 31.7 Å². The van der Waals surface area contributed by atoms with Crippen molar-refractivity contribution in [2.45, 2.75) is 52.5 Å². The molecule has 0 spiro atoms. The average molecular weight is 461 g/mol. The number of alkyl halides is 2. The van der Waals surface area contributed by atoms with Crippen LogP contribution in [0.25, 0.3) is 0 Å². The molecule has 178 valence electrons. The molecule has 1 fully saturated rings. The van der Waals surface area contributed by atoms with Gasteiger partial charge < -0.3 is 14.5 Å². The topological polar surface area (TPSA) is 67.7 Å². The van der Waals surface area contributed by atoms with Crippen LogP contribution in [0.4, 0.5) is 14.5 Å². The summed E-state index contributed by atoms with van der Waals surface area (Å²) in [4.78, 5) is 29.3. The second-order valence-corrected chi connectivity index (χ2v) is 8.77. The summed E-state index contributed by atoms with van der Waals surface area (Å²) in [7, 11) is 0. The van der Waals surface area contributed by atoms with Crippen molar-refractivity contribution in [3.63, 3.8) is 0 Å². The predicted molar refractivity (Wildman–Crippen MR) is 120 cm³/mol. The maximum atomic E-state index is 14.1. The smallest absolute Gasteiger partial charge is 0.359 e. The van der Waals surface area contributed by atoms with E-state index in [0.717, 1.165) is 0 Å². The number of nitrogens with zero attached hydrogens (tertiary/aromatic N) is 4. The summed E-state index contributed by atoms with van der Waals surface area (Å²) in [5, 5.41) is 4.25. The number of aromatic nitrogens is 2. The Morgan fingerprint density at radius 2 is 1.88 bits per heavy atom. The van der Waals surface area contributed by atoms with Gasteiger partial charge in [-0.05, 0) is 44.4 Å². The molecule has 1 aromatic carbocycles. The van der Waals surface area contributed by atoms with Gasteiger partial charge in [-0.15, -0.1) is 0 Å². The molecule has 2 aromatic rings. The van der Waals surface area contributed by atoms with Crippen LogP contribution in [0.15, 0.2) is 18.2 Å². The van der Waals surface area contributed by atoms with Gasteiger partial charge in [-0.3, -0.25) is 9.48 Å². The minimum atomic E-state index is -2.88. The van der Waals surface area contributed by atoms with Crippen molar-refractivity contribution in [3.05, 3.63) is 46.3 Å². The van der Waals surface area contributed by atoms with Crippen LogP contribution in [0.2, 0.25) is 0 Å². The Kier molecular flexibility index (Phi) is 6.41. The van der Waals surface area contributed by atoms with Crippen molar-refractivity contribution in [1.29, 1.82) is 0 Å². The van der Waals surface area contributed by atoms with E-state index in [9.17, 15) is 18.4 Å². The monoisotopic (exact) mass is 460 g/mol. The quantitative estimate of drug-likeness (QED) is 0.642. The minimum Gasteiger partial charge on any atom is -0.461 e. The first-order valence-corrected chi connectivity index (χ1v) is 11.4. The molecule has 0 saturated carbocycles. The van der Waals surface area contributed by atoms with Crippen LogP contribution in [0.1, 0.15) is 46.2 Å². The van der Waals surface area contributed by atoms with E-state index in [1.807, 2.05) is 6.07 Å². The zero-order valence-corrected chi connectivity index (χ0v) is 19.4. The zero-order valence-electron chi connectivity index (χ0n) is 19.4. The van der Waals surface area contributed by atoms with Gasteiger partial charge in [-0.1, -0.05) is 12.1 Å². The molecule has 7 nitrogen and oxygen atoms in total. The van der Waals surface area contributed by atoms with Gasteiger partial charge in [0.05, 0.1) is 13.0 Å². The van der Waals surface area contributed by atoms with Crippen LogP contribution in [0, 0.1) is 13.8 Å². The number of anilines is 1. The normalized spacial score (nSPS) is 17.6. The lowest BCUT2D eigenvalue weighted by Gasteiger charge is -2.37. The minimum absolute atomic E-state index is 0.0409. The molecule has 0 N–H and O–H groups in total. The highest BCUT2D eigenvalue weighted by Gasteiger charge is 2.40. The molecule has 1 saturated heterocycles. The molecule has 0 atom stereocenters. The van der Waals surface area contributed by atoms with Gasteiger partial charge in [-0.2, -0.15) is 5.10 Å². The van der Waals surface area contributed by atoms with E-state index in [2.05, 4.69) is 36.0 Å². The van der Waals surface area contributed by atoms with Crippen LogP contribution in [-0.4, -0.2) is 65.3 Å². The third-order valence-corrected chi connectivity index (χ3v) is 6.64. The molecule has 9 heteroatoms. The molecule has 1 amide bonds. The molecule has 2 aliphatic rings. The van der Waals surface area contributed by atoms with Gasteiger partial charge in [0.2, 0.25) is 5.91 Å². The lowest BCUT2D eigenvalue weighted by atomic mass is 9.92. The molecule has 1 aliphatic carbocycles. The number of esters is 1. The van der Waals surface area contributed by atoms with Crippen molar-refractivity contribution in [2.24, 2.45) is 0 Å². The van der Waals surface area contributed by atoms with Crippen molar-refractivity contribution in [3.8, 4) is 0 Å². The Balaban J connectivity index is 1.48. The number of benzene rings is 1. The fourth-order valence-corrected chi connectivity index (χ4v) is 4.63. The van der Waals surface area contributed by atoms with Crippen LogP contribution >= 0.6 is 0 Å². The molecular formula is C24H30F2N4O3. The molecule has 0 radical (unpaired) electrons. The second kappa shape index (κ2) is 9.11. The van der Waals surface area contributed by atoms with E-state index >= 15 is 0 Å². The number of carbonyl (C=O) groups is 2. The van der Waals surface area contributed by atoms with E-state index < -0.39 is 18.3 Å². The highest BCUT2D eigenvalue weighted by molar-refractivity contribution is 5.89. The van der Waals surface area contributed by atoms with Crippen molar-refractivity contribution in [2.75, 3.05) is 37.7 Å². The number of amides is 1. The number of ether oxygens (including phenoxy) is 1. The number of hydrogen-bond acceptors (Lipinski definition) is 5. The first-order valence-electron chi connectivity index (χ1n) is 11.4.